The highest BCUT2D eigenvalue weighted by atomic mass is 15.1. The molecule has 0 atom stereocenters. The van der Waals surface area contributed by atoms with Gasteiger partial charge in [0.2, 0.25) is 0 Å². The Morgan fingerprint density at radius 3 is 2.94 bits per heavy atom. The largest absolute Gasteiger partial charge is 0.299 e. The third kappa shape index (κ3) is 3.56. The fourth-order valence-corrected chi connectivity index (χ4v) is 1.90. The van der Waals surface area contributed by atoms with Gasteiger partial charge in [-0.25, -0.2) is 9.97 Å². The van der Waals surface area contributed by atoms with Crippen LogP contribution in [0.2, 0.25) is 0 Å². The van der Waals surface area contributed by atoms with Crippen molar-refractivity contribution in [3.8, 4) is 0 Å². The molecule has 2 heterocycles. The second-order valence-corrected chi connectivity index (χ2v) is 3.87. The van der Waals surface area contributed by atoms with Crippen molar-refractivity contribution in [1.82, 2.24) is 14.9 Å². The summed E-state index contributed by atoms with van der Waals surface area (Å²) < 4.78 is 0. The Hall–Kier alpha value is -0.960. The molecule has 0 radical (unpaired) electrons. The van der Waals surface area contributed by atoms with Crippen LogP contribution in [0.3, 0.4) is 0 Å². The van der Waals surface area contributed by atoms with Gasteiger partial charge in [0, 0.05) is 37.0 Å². The zero-order chi connectivity index (χ0) is 11.8. The molecule has 3 heteroatoms. The van der Waals surface area contributed by atoms with E-state index in [1.54, 1.807) is 6.33 Å². The molecular weight excluding hydrogens is 198 g/mol. The molecule has 0 aromatic carbocycles. The van der Waals surface area contributed by atoms with Crippen LogP contribution in [0.15, 0.2) is 12.5 Å². The summed E-state index contributed by atoms with van der Waals surface area (Å²) in [6.07, 6.45) is 7.26. The third-order valence-corrected chi connectivity index (χ3v) is 2.77. The summed E-state index contributed by atoms with van der Waals surface area (Å²) >= 11 is 0. The van der Waals surface area contributed by atoms with Gasteiger partial charge in [-0.15, -0.1) is 0 Å². The zero-order valence-electron chi connectivity index (χ0n) is 10.7. The SMILES string of the molecule is CC.CCCCN1CCc2ncncc2C1. The summed E-state index contributed by atoms with van der Waals surface area (Å²) in [5, 5.41) is 0. The van der Waals surface area contributed by atoms with Crippen molar-refractivity contribution in [1.29, 1.82) is 0 Å². The molecule has 1 aliphatic rings. The number of aromatic nitrogens is 2. The lowest BCUT2D eigenvalue weighted by atomic mass is 10.1. The lowest BCUT2D eigenvalue weighted by Crippen LogP contribution is -2.31. The van der Waals surface area contributed by atoms with E-state index in [0.717, 1.165) is 19.5 Å². The van der Waals surface area contributed by atoms with Gasteiger partial charge in [-0.3, -0.25) is 4.90 Å². The van der Waals surface area contributed by atoms with Crippen LogP contribution in [0.1, 0.15) is 44.9 Å². The predicted molar refractivity (Wildman–Crippen MR) is 67.3 cm³/mol. The summed E-state index contributed by atoms with van der Waals surface area (Å²) in [6, 6.07) is 0. The smallest absolute Gasteiger partial charge is 0.115 e. The van der Waals surface area contributed by atoms with Crippen LogP contribution in [-0.4, -0.2) is 28.0 Å². The van der Waals surface area contributed by atoms with E-state index < -0.39 is 0 Å². The minimum absolute atomic E-state index is 1.04. The van der Waals surface area contributed by atoms with Crippen molar-refractivity contribution >= 4 is 0 Å². The Morgan fingerprint density at radius 1 is 1.38 bits per heavy atom. The average Bonchev–Trinajstić information content (AvgIpc) is 2.38. The van der Waals surface area contributed by atoms with E-state index in [4.69, 9.17) is 0 Å². The molecule has 0 bridgehead atoms. The lowest BCUT2D eigenvalue weighted by molar-refractivity contribution is 0.247. The molecule has 1 aromatic rings. The quantitative estimate of drug-likeness (QED) is 0.785. The molecule has 0 spiro atoms. The van der Waals surface area contributed by atoms with Gasteiger partial charge >= 0.3 is 0 Å². The Bertz CT molecular complexity index is 299. The maximum Gasteiger partial charge on any atom is 0.115 e. The summed E-state index contributed by atoms with van der Waals surface area (Å²) in [4.78, 5) is 10.9. The highest BCUT2D eigenvalue weighted by Crippen LogP contribution is 2.15. The zero-order valence-corrected chi connectivity index (χ0v) is 10.7. The molecule has 0 saturated carbocycles. The van der Waals surface area contributed by atoms with Crippen LogP contribution >= 0.6 is 0 Å². The molecule has 3 nitrogen and oxygen atoms in total. The lowest BCUT2D eigenvalue weighted by Gasteiger charge is -2.27. The Balaban J connectivity index is 0.000000606. The second kappa shape index (κ2) is 7.34. The van der Waals surface area contributed by atoms with Crippen LogP contribution in [0.25, 0.3) is 0 Å². The number of nitrogens with zero attached hydrogens (tertiary/aromatic N) is 3. The standard InChI is InChI=1S/C11H17N3.C2H6/c1-2-3-5-14-6-4-11-10(8-14)7-12-9-13-11;1-2/h7,9H,2-6,8H2,1H3;1-2H3. The Morgan fingerprint density at radius 2 is 2.19 bits per heavy atom. The summed E-state index contributed by atoms with van der Waals surface area (Å²) in [7, 11) is 0. The van der Waals surface area contributed by atoms with E-state index in [1.165, 1.54) is 30.6 Å². The first-order chi connectivity index (χ1) is 7.90. The number of unbranched alkanes of at least 4 members (excludes halogenated alkanes) is 1. The van der Waals surface area contributed by atoms with E-state index in [2.05, 4.69) is 21.8 Å². The molecule has 0 unspecified atom stereocenters. The summed E-state index contributed by atoms with van der Waals surface area (Å²) in [5.41, 5.74) is 2.56. The van der Waals surface area contributed by atoms with Gasteiger partial charge < -0.3 is 0 Å². The maximum atomic E-state index is 4.30. The van der Waals surface area contributed by atoms with Crippen LogP contribution in [0.5, 0.6) is 0 Å². The van der Waals surface area contributed by atoms with E-state index in [-0.39, 0.29) is 0 Å². The monoisotopic (exact) mass is 221 g/mol. The molecular formula is C13H23N3. The van der Waals surface area contributed by atoms with Crippen LogP contribution < -0.4 is 0 Å². The molecule has 16 heavy (non-hydrogen) atoms. The highest BCUT2D eigenvalue weighted by molar-refractivity contribution is 5.18. The van der Waals surface area contributed by atoms with Gasteiger partial charge in [0.15, 0.2) is 0 Å². The number of fused-ring (bicyclic) bond motifs is 1. The van der Waals surface area contributed by atoms with Crippen molar-refractivity contribution in [2.24, 2.45) is 0 Å². The summed E-state index contributed by atoms with van der Waals surface area (Å²) in [6.45, 7) is 9.64. The molecule has 0 amide bonds. The fourth-order valence-electron chi connectivity index (χ4n) is 1.90. The number of rotatable bonds is 3. The Kier molecular flexibility index (Phi) is 6.01. The molecule has 90 valence electrons. The van der Waals surface area contributed by atoms with Gasteiger partial charge in [0.05, 0.1) is 0 Å². The normalized spacial score (nSPS) is 14.9. The molecule has 0 N–H and O–H groups in total. The molecule has 1 aromatic heterocycles. The van der Waals surface area contributed by atoms with Gasteiger partial charge in [-0.05, 0) is 13.0 Å². The number of hydrogen-bond donors (Lipinski definition) is 0. The highest BCUT2D eigenvalue weighted by Gasteiger charge is 2.15. The minimum atomic E-state index is 1.04. The van der Waals surface area contributed by atoms with Gasteiger partial charge in [0.1, 0.15) is 6.33 Å². The van der Waals surface area contributed by atoms with Gasteiger partial charge in [-0.2, -0.15) is 0 Å². The molecule has 0 saturated heterocycles. The first-order valence-corrected chi connectivity index (χ1v) is 6.40. The second-order valence-electron chi connectivity index (χ2n) is 3.87. The maximum absolute atomic E-state index is 4.30. The van der Waals surface area contributed by atoms with Crippen LogP contribution in [-0.2, 0) is 13.0 Å². The topological polar surface area (TPSA) is 29.0 Å². The number of hydrogen-bond acceptors (Lipinski definition) is 3. The minimum Gasteiger partial charge on any atom is -0.299 e. The first kappa shape index (κ1) is 13.1. The average molecular weight is 221 g/mol. The van der Waals surface area contributed by atoms with Crippen molar-refractivity contribution in [2.75, 3.05) is 13.1 Å². The third-order valence-electron chi connectivity index (χ3n) is 2.77. The molecule has 0 aliphatic carbocycles. The molecule has 0 fully saturated rings. The van der Waals surface area contributed by atoms with Crippen molar-refractivity contribution < 1.29 is 0 Å². The van der Waals surface area contributed by atoms with E-state index in [9.17, 15) is 0 Å². The van der Waals surface area contributed by atoms with Crippen LogP contribution in [0.4, 0.5) is 0 Å². The predicted octanol–water partition coefficient (Wildman–Crippen LogP) is 2.66. The van der Waals surface area contributed by atoms with Gasteiger partial charge in [0.25, 0.3) is 0 Å². The molecule has 1 aliphatic heterocycles. The fraction of sp³-hybridized carbons (Fsp3) is 0.692. The van der Waals surface area contributed by atoms with Crippen molar-refractivity contribution in [3.05, 3.63) is 23.8 Å². The summed E-state index contributed by atoms with van der Waals surface area (Å²) in [5.74, 6) is 0. The van der Waals surface area contributed by atoms with E-state index in [1.807, 2.05) is 20.0 Å². The van der Waals surface area contributed by atoms with Crippen LogP contribution in [0, 0.1) is 0 Å². The van der Waals surface area contributed by atoms with Crippen molar-refractivity contribution in [3.63, 3.8) is 0 Å². The Labute approximate surface area is 98.9 Å². The van der Waals surface area contributed by atoms with E-state index >= 15 is 0 Å². The molecule has 2 rings (SSSR count). The van der Waals surface area contributed by atoms with E-state index in [0.29, 0.717) is 0 Å². The van der Waals surface area contributed by atoms with Crippen molar-refractivity contribution in [2.45, 2.75) is 46.6 Å². The van der Waals surface area contributed by atoms with Gasteiger partial charge in [-0.1, -0.05) is 27.2 Å². The first-order valence-electron chi connectivity index (χ1n) is 6.40.